The first-order valence-electron chi connectivity index (χ1n) is 8.29. The molecule has 2 aromatic rings. The van der Waals surface area contributed by atoms with Crippen LogP contribution >= 0.6 is 23.8 Å². The third-order valence-electron chi connectivity index (χ3n) is 3.45. The number of aryl methyl sites for hydroxylation is 1. The van der Waals surface area contributed by atoms with Crippen LogP contribution in [0, 0.1) is 18.7 Å². The van der Waals surface area contributed by atoms with E-state index in [1.165, 1.54) is 30.3 Å². The molecule has 0 aliphatic carbocycles. The lowest BCUT2D eigenvalue weighted by Gasteiger charge is -2.10. The molecule has 2 rings (SSSR count). The summed E-state index contributed by atoms with van der Waals surface area (Å²) in [6.07, 6.45) is 2.94. The maximum atomic E-state index is 12.9. The number of hydrogen-bond acceptors (Lipinski definition) is 3. The van der Waals surface area contributed by atoms with Gasteiger partial charge in [0.05, 0.1) is 5.69 Å². The number of anilines is 1. The molecule has 1 heterocycles. The zero-order valence-electron chi connectivity index (χ0n) is 15.2. The number of benzene rings is 1. The molecule has 0 saturated carbocycles. The van der Waals surface area contributed by atoms with E-state index >= 15 is 0 Å². The van der Waals surface area contributed by atoms with Gasteiger partial charge in [0.1, 0.15) is 11.0 Å². The highest BCUT2D eigenvalue weighted by molar-refractivity contribution is 7.80. The van der Waals surface area contributed by atoms with Crippen molar-refractivity contribution in [3.63, 3.8) is 0 Å². The predicted molar refractivity (Wildman–Crippen MR) is 110 cm³/mol. The Kier molecular flexibility index (Phi) is 7.32. The van der Waals surface area contributed by atoms with Crippen LogP contribution in [-0.2, 0) is 11.3 Å². The van der Waals surface area contributed by atoms with Crippen molar-refractivity contribution in [3.05, 3.63) is 52.6 Å². The second-order valence-electron chi connectivity index (χ2n) is 6.27. The van der Waals surface area contributed by atoms with E-state index in [-0.39, 0.29) is 10.9 Å². The summed E-state index contributed by atoms with van der Waals surface area (Å²) in [6.45, 7) is 6.68. The zero-order valence-corrected chi connectivity index (χ0v) is 16.8. The number of carbonyl (C=O) groups excluding carboxylic acids is 1. The van der Waals surface area contributed by atoms with Crippen LogP contribution in [0.15, 0.2) is 30.3 Å². The van der Waals surface area contributed by atoms with Gasteiger partial charge in [0.25, 0.3) is 5.91 Å². The van der Waals surface area contributed by atoms with Gasteiger partial charge in [-0.1, -0.05) is 25.4 Å². The molecule has 6 nitrogen and oxygen atoms in total. The van der Waals surface area contributed by atoms with Gasteiger partial charge in [0.2, 0.25) is 0 Å². The van der Waals surface area contributed by atoms with E-state index in [0.29, 0.717) is 28.9 Å². The van der Waals surface area contributed by atoms with Gasteiger partial charge in [-0.05, 0) is 55.4 Å². The minimum Gasteiger partial charge on any atom is -0.331 e. The van der Waals surface area contributed by atoms with Gasteiger partial charge in [-0.15, -0.1) is 0 Å². The van der Waals surface area contributed by atoms with Crippen molar-refractivity contribution >= 4 is 46.6 Å². The van der Waals surface area contributed by atoms with Crippen LogP contribution < -0.4 is 16.2 Å². The van der Waals surface area contributed by atoms with Crippen molar-refractivity contribution in [2.24, 2.45) is 5.92 Å². The van der Waals surface area contributed by atoms with E-state index in [2.05, 4.69) is 35.1 Å². The summed E-state index contributed by atoms with van der Waals surface area (Å²) in [7, 11) is 0. The van der Waals surface area contributed by atoms with E-state index in [1.54, 1.807) is 10.8 Å². The minimum atomic E-state index is -0.412. The molecule has 0 spiro atoms. The van der Waals surface area contributed by atoms with Crippen LogP contribution in [0.5, 0.6) is 0 Å². The normalized spacial score (nSPS) is 11.0. The smallest absolute Gasteiger partial charge is 0.262 e. The maximum absolute atomic E-state index is 12.9. The monoisotopic (exact) mass is 409 g/mol. The Hall–Kier alpha value is -2.45. The molecular weight excluding hydrogens is 389 g/mol. The molecule has 0 radical (unpaired) electrons. The molecule has 3 N–H and O–H groups in total. The SMILES string of the molecule is Cc1nn(CC(C)C)c(Cl)c1/C=C/C(=O)NNC(=S)Nc1ccc(F)cc1. The molecule has 1 aromatic carbocycles. The van der Waals surface area contributed by atoms with E-state index in [0.717, 1.165) is 5.69 Å². The van der Waals surface area contributed by atoms with E-state index in [4.69, 9.17) is 23.8 Å². The molecule has 0 unspecified atom stereocenters. The first-order chi connectivity index (χ1) is 12.8. The van der Waals surface area contributed by atoms with Crippen molar-refractivity contribution in [1.29, 1.82) is 0 Å². The maximum Gasteiger partial charge on any atom is 0.262 e. The summed E-state index contributed by atoms with van der Waals surface area (Å²) >= 11 is 11.4. The Bertz CT molecular complexity index is 848. The van der Waals surface area contributed by atoms with Crippen LogP contribution in [0.3, 0.4) is 0 Å². The number of carbonyl (C=O) groups is 1. The average Bonchev–Trinajstić information content (AvgIpc) is 2.86. The third-order valence-corrected chi connectivity index (χ3v) is 4.05. The number of thiocarbonyl (C=S) groups is 1. The topological polar surface area (TPSA) is 71.0 Å². The Morgan fingerprint density at radius 3 is 2.63 bits per heavy atom. The van der Waals surface area contributed by atoms with Crippen molar-refractivity contribution < 1.29 is 9.18 Å². The number of amides is 1. The van der Waals surface area contributed by atoms with E-state index in [1.807, 2.05) is 6.92 Å². The summed E-state index contributed by atoms with van der Waals surface area (Å²) in [4.78, 5) is 12.0. The molecule has 0 aliphatic rings. The lowest BCUT2D eigenvalue weighted by atomic mass is 10.2. The highest BCUT2D eigenvalue weighted by Gasteiger charge is 2.12. The van der Waals surface area contributed by atoms with Gasteiger partial charge in [0.15, 0.2) is 5.11 Å². The summed E-state index contributed by atoms with van der Waals surface area (Å²) in [5.74, 6) is -0.352. The van der Waals surface area contributed by atoms with Gasteiger partial charge < -0.3 is 5.32 Å². The van der Waals surface area contributed by atoms with Crippen LogP contribution in [0.2, 0.25) is 5.15 Å². The molecule has 144 valence electrons. The molecule has 0 saturated heterocycles. The summed E-state index contributed by atoms with van der Waals surface area (Å²) < 4.78 is 14.6. The molecule has 27 heavy (non-hydrogen) atoms. The van der Waals surface area contributed by atoms with E-state index in [9.17, 15) is 9.18 Å². The van der Waals surface area contributed by atoms with Crippen molar-refractivity contribution in [1.82, 2.24) is 20.6 Å². The van der Waals surface area contributed by atoms with Crippen LogP contribution in [0.4, 0.5) is 10.1 Å². The number of hydrazine groups is 1. The van der Waals surface area contributed by atoms with Crippen LogP contribution in [0.1, 0.15) is 25.1 Å². The summed E-state index contributed by atoms with van der Waals surface area (Å²) in [6, 6.07) is 5.67. The second kappa shape index (κ2) is 9.48. The lowest BCUT2D eigenvalue weighted by molar-refractivity contribution is -0.116. The number of hydrogen-bond donors (Lipinski definition) is 3. The molecule has 0 atom stereocenters. The number of aromatic nitrogens is 2. The van der Waals surface area contributed by atoms with Crippen LogP contribution in [0.25, 0.3) is 6.08 Å². The van der Waals surface area contributed by atoms with Crippen molar-refractivity contribution in [2.45, 2.75) is 27.3 Å². The second-order valence-corrected chi connectivity index (χ2v) is 7.04. The lowest BCUT2D eigenvalue weighted by Crippen LogP contribution is -2.43. The predicted octanol–water partition coefficient (Wildman–Crippen LogP) is 3.67. The van der Waals surface area contributed by atoms with Gasteiger partial charge in [0, 0.05) is 23.9 Å². The highest BCUT2D eigenvalue weighted by atomic mass is 35.5. The van der Waals surface area contributed by atoms with Gasteiger partial charge in [-0.25, -0.2) is 4.39 Å². The minimum absolute atomic E-state index is 0.169. The quantitative estimate of drug-likeness (QED) is 0.399. The van der Waals surface area contributed by atoms with Crippen molar-refractivity contribution in [2.75, 3.05) is 5.32 Å². The third kappa shape index (κ3) is 6.33. The molecule has 1 amide bonds. The molecule has 0 bridgehead atoms. The number of nitrogens with zero attached hydrogens (tertiary/aromatic N) is 2. The van der Waals surface area contributed by atoms with Gasteiger partial charge in [-0.3, -0.25) is 20.3 Å². The summed E-state index contributed by atoms with van der Waals surface area (Å²) in [5, 5.41) is 7.86. The fraction of sp³-hybridized carbons (Fsp3) is 0.278. The van der Waals surface area contributed by atoms with Crippen LogP contribution in [-0.4, -0.2) is 20.8 Å². The highest BCUT2D eigenvalue weighted by Crippen LogP contribution is 2.22. The Labute approximate surface area is 167 Å². The standard InChI is InChI=1S/C18H21ClFN5OS/c1-11(2)10-25-17(19)15(12(3)24-25)8-9-16(26)22-23-18(27)21-14-6-4-13(20)5-7-14/h4-9,11H,10H2,1-3H3,(H,22,26)(H2,21,23,27)/b9-8+. The molecule has 0 aliphatic heterocycles. The molecular formula is C18H21ClFN5OS. The fourth-order valence-electron chi connectivity index (χ4n) is 2.24. The molecule has 0 fully saturated rings. The van der Waals surface area contributed by atoms with E-state index < -0.39 is 5.91 Å². The average molecular weight is 410 g/mol. The Balaban J connectivity index is 1.89. The van der Waals surface area contributed by atoms with Gasteiger partial charge >= 0.3 is 0 Å². The number of rotatable bonds is 5. The fourth-order valence-corrected chi connectivity index (χ4v) is 2.71. The first-order valence-corrected chi connectivity index (χ1v) is 9.08. The molecule has 1 aromatic heterocycles. The Morgan fingerprint density at radius 2 is 2.00 bits per heavy atom. The first kappa shape index (κ1) is 20.9. The number of halogens is 2. The molecule has 9 heteroatoms. The Morgan fingerprint density at radius 1 is 1.33 bits per heavy atom. The number of nitrogens with one attached hydrogen (secondary N) is 3. The zero-order chi connectivity index (χ0) is 20.0. The summed E-state index contributed by atoms with van der Waals surface area (Å²) in [5.41, 5.74) is 7.03. The van der Waals surface area contributed by atoms with Crippen molar-refractivity contribution in [3.8, 4) is 0 Å². The van der Waals surface area contributed by atoms with Gasteiger partial charge in [-0.2, -0.15) is 5.10 Å². The largest absolute Gasteiger partial charge is 0.331 e.